The Morgan fingerprint density at radius 3 is 1.19 bits per heavy atom. The number of thioether (sulfide) groups is 3. The molecular formula is C24H44N6O9S3. The fraction of sp³-hybridized carbons (Fsp3) is 0.750. The van der Waals surface area contributed by atoms with Gasteiger partial charge in [0.05, 0.1) is 52.3 Å². The van der Waals surface area contributed by atoms with Gasteiger partial charge in [0.1, 0.15) is 24.4 Å². The summed E-state index contributed by atoms with van der Waals surface area (Å²) in [6, 6.07) is 0. The molecule has 3 atom stereocenters. The average molecular weight is 657 g/mol. The molecule has 15 nitrogen and oxygen atoms in total. The minimum atomic E-state index is -0.579. The fourth-order valence-corrected chi connectivity index (χ4v) is 4.30. The highest BCUT2D eigenvalue weighted by molar-refractivity contribution is 8.14. The van der Waals surface area contributed by atoms with Gasteiger partial charge in [-0.3, -0.25) is 30.6 Å². The van der Waals surface area contributed by atoms with E-state index in [9.17, 15) is 14.4 Å². The number of ether oxygens (including phenoxy) is 6. The second-order valence-electron chi connectivity index (χ2n) is 8.82. The van der Waals surface area contributed by atoms with E-state index in [1.165, 1.54) is 0 Å². The van der Waals surface area contributed by atoms with Crippen molar-refractivity contribution in [1.82, 2.24) is 0 Å². The number of nitrogens with two attached hydrogens (primary N) is 3. The summed E-state index contributed by atoms with van der Waals surface area (Å²) in [5.41, 5.74) is 15.8. The maximum Gasteiger partial charge on any atom is 0.306 e. The third kappa shape index (κ3) is 25.5. The number of nitrogens with one attached hydrogen (secondary N) is 3. The largest absolute Gasteiger partial charge is 0.460 e. The summed E-state index contributed by atoms with van der Waals surface area (Å²) in [6.07, 6.45) is -1.90. The van der Waals surface area contributed by atoms with Gasteiger partial charge in [0.15, 0.2) is 15.5 Å². The molecule has 0 bridgehead atoms. The molecule has 0 fully saturated rings. The third-order valence-corrected chi connectivity index (χ3v) is 6.73. The molecule has 0 aliphatic carbocycles. The van der Waals surface area contributed by atoms with Crippen LogP contribution in [-0.2, 0) is 42.8 Å². The molecule has 0 aromatic carbocycles. The van der Waals surface area contributed by atoms with E-state index in [4.69, 9.17) is 61.9 Å². The number of amidine groups is 3. The Bertz CT molecular complexity index is 826. The lowest BCUT2D eigenvalue weighted by Crippen LogP contribution is -2.33. The van der Waals surface area contributed by atoms with Crippen LogP contribution in [0.4, 0.5) is 0 Å². The molecule has 0 rings (SSSR count). The first kappa shape index (κ1) is 39.8. The molecule has 9 N–H and O–H groups in total. The van der Waals surface area contributed by atoms with E-state index < -0.39 is 42.3 Å². The molecule has 3 unspecified atom stereocenters. The lowest BCUT2D eigenvalue weighted by Gasteiger charge is -2.22. The number of esters is 3. The van der Waals surface area contributed by atoms with Crippen LogP contribution in [0.25, 0.3) is 0 Å². The zero-order chi connectivity index (χ0) is 31.9. The van der Waals surface area contributed by atoms with Crippen LogP contribution in [-0.4, -0.2) is 108 Å². The van der Waals surface area contributed by atoms with Gasteiger partial charge in [-0.15, -0.1) is 0 Å². The first-order valence-electron chi connectivity index (χ1n) is 13.0. The molecule has 18 heteroatoms. The molecule has 0 aliphatic rings. The summed E-state index contributed by atoms with van der Waals surface area (Å²) >= 11 is 3.16. The number of hydrogen-bond donors (Lipinski definition) is 6. The first-order valence-corrected chi connectivity index (χ1v) is 16.0. The van der Waals surface area contributed by atoms with E-state index >= 15 is 0 Å². The predicted octanol–water partition coefficient (Wildman–Crippen LogP) is 1.25. The quantitative estimate of drug-likeness (QED) is 0.0391. The number of carbonyl (C=O) groups is 3. The SMILES string of the molecule is CC(COCC(COCC(C)OC(=O)CCSC(=N)N)OCC(C)OC(=O)CCSC(=N)N)OC(=O)CCSC(=N)N. The van der Waals surface area contributed by atoms with Crippen molar-refractivity contribution in [3.05, 3.63) is 0 Å². The van der Waals surface area contributed by atoms with Gasteiger partial charge in [0.2, 0.25) is 0 Å². The van der Waals surface area contributed by atoms with Gasteiger partial charge in [-0.25, -0.2) is 0 Å². The molecule has 0 aliphatic heterocycles. The minimum Gasteiger partial charge on any atom is -0.460 e. The van der Waals surface area contributed by atoms with Crippen molar-refractivity contribution in [1.29, 1.82) is 16.2 Å². The van der Waals surface area contributed by atoms with Crippen molar-refractivity contribution >= 4 is 68.7 Å². The zero-order valence-electron chi connectivity index (χ0n) is 24.2. The second-order valence-corrected chi connectivity index (χ2v) is 12.2. The lowest BCUT2D eigenvalue weighted by molar-refractivity contribution is -0.158. The van der Waals surface area contributed by atoms with Gasteiger partial charge >= 0.3 is 17.9 Å². The zero-order valence-corrected chi connectivity index (χ0v) is 26.7. The van der Waals surface area contributed by atoms with Crippen molar-refractivity contribution in [2.24, 2.45) is 17.2 Å². The molecule has 0 amide bonds. The van der Waals surface area contributed by atoms with Crippen LogP contribution >= 0.6 is 35.3 Å². The summed E-state index contributed by atoms with van der Waals surface area (Å²) < 4.78 is 33.1. The summed E-state index contributed by atoms with van der Waals surface area (Å²) in [6.45, 7) is 5.43. The van der Waals surface area contributed by atoms with Crippen LogP contribution in [0, 0.1) is 16.2 Å². The van der Waals surface area contributed by atoms with Gasteiger partial charge in [-0.2, -0.15) is 0 Å². The molecule has 0 radical (unpaired) electrons. The van der Waals surface area contributed by atoms with E-state index in [1.807, 2.05) is 0 Å². The van der Waals surface area contributed by atoms with Gasteiger partial charge < -0.3 is 45.6 Å². The topological polar surface area (TPSA) is 256 Å². The molecule has 0 spiro atoms. The van der Waals surface area contributed by atoms with Crippen molar-refractivity contribution in [3.63, 3.8) is 0 Å². The van der Waals surface area contributed by atoms with E-state index in [-0.39, 0.29) is 67.8 Å². The maximum absolute atomic E-state index is 12.0. The summed E-state index contributed by atoms with van der Waals surface area (Å²) in [4.78, 5) is 35.8. The summed E-state index contributed by atoms with van der Waals surface area (Å²) in [7, 11) is 0. The molecule has 42 heavy (non-hydrogen) atoms. The van der Waals surface area contributed by atoms with Gasteiger partial charge in [0, 0.05) is 17.3 Å². The highest BCUT2D eigenvalue weighted by Crippen LogP contribution is 2.08. The fourth-order valence-electron chi connectivity index (χ4n) is 2.83. The Hall–Kier alpha value is -2.25. The van der Waals surface area contributed by atoms with Crippen molar-refractivity contribution < 1.29 is 42.8 Å². The van der Waals surface area contributed by atoms with Crippen molar-refractivity contribution in [3.8, 4) is 0 Å². The molecule has 0 heterocycles. The molecule has 242 valence electrons. The van der Waals surface area contributed by atoms with Crippen LogP contribution in [0.3, 0.4) is 0 Å². The average Bonchev–Trinajstić information content (AvgIpc) is 2.86. The molecule has 0 aromatic heterocycles. The summed E-state index contributed by atoms with van der Waals surface area (Å²) in [5.74, 6) is -0.286. The Morgan fingerprint density at radius 1 is 0.571 bits per heavy atom. The van der Waals surface area contributed by atoms with E-state index in [1.54, 1.807) is 20.8 Å². The van der Waals surface area contributed by atoms with Crippen LogP contribution < -0.4 is 17.2 Å². The number of carbonyl (C=O) groups excluding carboxylic acids is 3. The van der Waals surface area contributed by atoms with Crippen LogP contribution in [0.5, 0.6) is 0 Å². The first-order chi connectivity index (χ1) is 19.8. The third-order valence-electron chi connectivity index (χ3n) is 4.57. The maximum atomic E-state index is 12.0. The van der Waals surface area contributed by atoms with Crippen LogP contribution in [0.15, 0.2) is 0 Å². The summed E-state index contributed by atoms with van der Waals surface area (Å²) in [5, 5.41) is 21.3. The minimum absolute atomic E-state index is 0.0552. The van der Waals surface area contributed by atoms with Crippen LogP contribution in [0.1, 0.15) is 40.0 Å². The molecular weight excluding hydrogens is 612 g/mol. The van der Waals surface area contributed by atoms with Gasteiger partial charge in [0.25, 0.3) is 0 Å². The number of hydrogen-bond acceptors (Lipinski definition) is 15. The van der Waals surface area contributed by atoms with E-state index in [0.717, 1.165) is 35.3 Å². The van der Waals surface area contributed by atoms with Gasteiger partial charge in [-0.1, -0.05) is 35.3 Å². The van der Waals surface area contributed by atoms with Crippen molar-refractivity contribution in [2.45, 2.75) is 64.4 Å². The van der Waals surface area contributed by atoms with Crippen molar-refractivity contribution in [2.75, 3.05) is 50.3 Å². The van der Waals surface area contributed by atoms with E-state index in [2.05, 4.69) is 0 Å². The monoisotopic (exact) mass is 656 g/mol. The Labute approximate surface area is 259 Å². The normalized spacial score (nSPS) is 13.8. The highest BCUT2D eigenvalue weighted by atomic mass is 32.2. The molecule has 0 saturated carbocycles. The van der Waals surface area contributed by atoms with Gasteiger partial charge in [-0.05, 0) is 20.8 Å². The number of rotatable bonds is 23. The smallest absolute Gasteiger partial charge is 0.306 e. The lowest BCUT2D eigenvalue weighted by atomic mass is 10.3. The second kappa shape index (κ2) is 24.2. The van der Waals surface area contributed by atoms with Crippen LogP contribution in [0.2, 0.25) is 0 Å². The predicted molar refractivity (Wildman–Crippen MR) is 165 cm³/mol. The molecule has 0 saturated heterocycles. The standard InChI is InChI=1S/C24H44N6O9S3/c1-15(37-19(31)4-7-40-22(25)26)10-34-13-18(36-12-17(3)39-21(33)6-9-42-24(29)30)14-35-11-16(2)38-20(32)5-8-41-23(27)28/h15-18H,4-14H2,1-3H3,(H3,25,26)(H3,27,28)(H3,29,30). The Morgan fingerprint density at radius 2 is 0.881 bits per heavy atom. The Balaban J connectivity index is 4.69. The Kier molecular flexibility index (Phi) is 22.9. The molecule has 0 aromatic rings. The van der Waals surface area contributed by atoms with E-state index in [0.29, 0.717) is 17.3 Å². The highest BCUT2D eigenvalue weighted by Gasteiger charge is 2.18.